The largest absolute Gasteiger partial charge is 0.461 e. The van der Waals surface area contributed by atoms with Crippen LogP contribution in [-0.4, -0.2) is 32.2 Å². The first-order valence-corrected chi connectivity index (χ1v) is 4.57. The first-order chi connectivity index (χ1) is 7.22. The molecule has 0 unspecified atom stereocenters. The highest BCUT2D eigenvalue weighted by atomic mass is 16.5. The van der Waals surface area contributed by atoms with Crippen LogP contribution in [0.1, 0.15) is 23.1 Å². The summed E-state index contributed by atoms with van der Waals surface area (Å²) in [4.78, 5) is 19.6. The van der Waals surface area contributed by atoms with Gasteiger partial charge in [-0.05, 0) is 19.9 Å². The highest BCUT2D eigenvalue weighted by molar-refractivity contribution is 5.88. The lowest BCUT2D eigenvalue weighted by Crippen LogP contribution is -2.12. The maximum Gasteiger partial charge on any atom is 0.357 e. The summed E-state index contributed by atoms with van der Waals surface area (Å²) in [6, 6.07) is 1.62. The summed E-state index contributed by atoms with van der Waals surface area (Å²) in [5.41, 5.74) is 1.05. The Bertz CT molecular complexity index is 506. The van der Waals surface area contributed by atoms with Crippen molar-refractivity contribution in [1.29, 1.82) is 0 Å². The summed E-state index contributed by atoms with van der Waals surface area (Å²) in [5, 5.41) is 3.91. The molecule has 0 N–H and O–H groups in total. The van der Waals surface area contributed by atoms with Crippen LogP contribution < -0.4 is 0 Å². The fraction of sp³-hybridized carbons (Fsp3) is 0.333. The first-order valence-electron chi connectivity index (χ1n) is 4.57. The summed E-state index contributed by atoms with van der Waals surface area (Å²) >= 11 is 0. The van der Waals surface area contributed by atoms with Crippen molar-refractivity contribution in [2.45, 2.75) is 13.8 Å². The fourth-order valence-corrected chi connectivity index (χ4v) is 1.28. The molecule has 2 aromatic heterocycles. The van der Waals surface area contributed by atoms with Crippen molar-refractivity contribution in [3.8, 4) is 0 Å². The van der Waals surface area contributed by atoms with Gasteiger partial charge in [0.25, 0.3) is 5.78 Å². The maximum atomic E-state index is 11.6. The van der Waals surface area contributed by atoms with Gasteiger partial charge in [0, 0.05) is 5.69 Å². The topological polar surface area (TPSA) is 69.4 Å². The van der Waals surface area contributed by atoms with Crippen LogP contribution in [0.2, 0.25) is 0 Å². The number of nitrogens with zero attached hydrogens (tertiary/aromatic N) is 4. The minimum absolute atomic E-state index is 0.330. The summed E-state index contributed by atoms with van der Waals surface area (Å²) in [5.74, 6) is -0.0171. The van der Waals surface area contributed by atoms with Gasteiger partial charge in [-0.1, -0.05) is 0 Å². The Balaban J connectivity index is 2.57. The minimum atomic E-state index is -0.418. The van der Waals surface area contributed by atoms with Gasteiger partial charge in [0.05, 0.1) is 6.61 Å². The predicted octanol–water partition coefficient (Wildman–Crippen LogP) is 0.609. The van der Waals surface area contributed by atoms with Gasteiger partial charge in [0.2, 0.25) is 0 Å². The van der Waals surface area contributed by atoms with Crippen molar-refractivity contribution in [2.24, 2.45) is 0 Å². The van der Waals surface area contributed by atoms with E-state index in [1.807, 2.05) is 0 Å². The molecule has 2 rings (SSSR count). The van der Waals surface area contributed by atoms with Gasteiger partial charge in [-0.15, -0.1) is 0 Å². The van der Waals surface area contributed by atoms with Crippen molar-refractivity contribution >= 4 is 11.7 Å². The zero-order valence-corrected chi connectivity index (χ0v) is 8.47. The van der Waals surface area contributed by atoms with Gasteiger partial charge in [-0.3, -0.25) is 0 Å². The van der Waals surface area contributed by atoms with Crippen molar-refractivity contribution in [2.75, 3.05) is 6.61 Å². The van der Waals surface area contributed by atoms with Crippen LogP contribution in [0.4, 0.5) is 0 Å². The van der Waals surface area contributed by atoms with Crippen LogP contribution in [0.25, 0.3) is 5.78 Å². The molecule has 0 atom stereocenters. The molecule has 6 heteroatoms. The molecule has 2 aromatic rings. The number of hydrogen-bond acceptors (Lipinski definition) is 5. The lowest BCUT2D eigenvalue weighted by molar-refractivity contribution is 0.0516. The van der Waals surface area contributed by atoms with E-state index in [-0.39, 0.29) is 0 Å². The van der Waals surface area contributed by atoms with Crippen molar-refractivity contribution < 1.29 is 9.53 Å². The molecule has 0 saturated heterocycles. The Hall–Kier alpha value is -1.98. The Morgan fingerprint density at radius 3 is 3.13 bits per heavy atom. The fourth-order valence-electron chi connectivity index (χ4n) is 1.28. The quantitative estimate of drug-likeness (QED) is 0.673. The molecular formula is C9H10N4O2. The van der Waals surface area contributed by atoms with E-state index in [1.54, 1.807) is 19.9 Å². The number of aryl methyl sites for hydroxylation is 1. The van der Waals surface area contributed by atoms with Gasteiger partial charge >= 0.3 is 5.97 Å². The third-order valence-electron chi connectivity index (χ3n) is 1.86. The molecule has 0 fully saturated rings. The van der Waals surface area contributed by atoms with E-state index in [0.29, 0.717) is 23.8 Å². The average molecular weight is 206 g/mol. The molecule has 0 radical (unpaired) electrons. The zero-order chi connectivity index (χ0) is 10.8. The highest BCUT2D eigenvalue weighted by Gasteiger charge is 2.13. The van der Waals surface area contributed by atoms with E-state index in [0.717, 1.165) is 0 Å². The Morgan fingerprint density at radius 2 is 2.40 bits per heavy atom. The first kappa shape index (κ1) is 9.57. The van der Waals surface area contributed by atoms with Crippen molar-refractivity contribution in [3.05, 3.63) is 23.8 Å². The Labute approximate surface area is 85.9 Å². The number of hydrogen-bond donors (Lipinski definition) is 0. The smallest absolute Gasteiger partial charge is 0.357 e. The molecule has 6 nitrogen and oxygen atoms in total. The van der Waals surface area contributed by atoms with Crippen LogP contribution in [0.15, 0.2) is 12.4 Å². The summed E-state index contributed by atoms with van der Waals surface area (Å²) in [7, 11) is 0. The monoisotopic (exact) mass is 206 g/mol. The van der Waals surface area contributed by atoms with Crippen LogP contribution in [0.5, 0.6) is 0 Å². The normalized spacial score (nSPS) is 10.5. The predicted molar refractivity (Wildman–Crippen MR) is 51.5 cm³/mol. The maximum absolute atomic E-state index is 11.6. The molecule has 0 bridgehead atoms. The zero-order valence-electron chi connectivity index (χ0n) is 8.47. The molecule has 0 spiro atoms. The third-order valence-corrected chi connectivity index (χ3v) is 1.86. The van der Waals surface area contributed by atoms with E-state index >= 15 is 0 Å². The second-order valence-corrected chi connectivity index (χ2v) is 2.98. The van der Waals surface area contributed by atoms with Gasteiger partial charge in [-0.2, -0.15) is 14.6 Å². The lowest BCUT2D eigenvalue weighted by atomic mass is 10.3. The van der Waals surface area contributed by atoms with E-state index in [4.69, 9.17) is 4.74 Å². The molecule has 0 aliphatic rings. The Morgan fingerprint density at radius 1 is 1.60 bits per heavy atom. The number of ether oxygens (including phenoxy) is 1. The highest BCUT2D eigenvalue weighted by Crippen LogP contribution is 2.06. The third kappa shape index (κ3) is 1.65. The number of esters is 1. The number of carbonyl (C=O) groups is 1. The average Bonchev–Trinajstić information content (AvgIpc) is 2.64. The molecule has 0 amide bonds. The molecule has 0 aromatic carbocycles. The molecular weight excluding hydrogens is 196 g/mol. The van der Waals surface area contributed by atoms with E-state index < -0.39 is 5.97 Å². The summed E-state index contributed by atoms with van der Waals surface area (Å²) < 4.78 is 6.27. The molecule has 78 valence electrons. The van der Waals surface area contributed by atoms with Gasteiger partial charge in [-0.25, -0.2) is 9.78 Å². The molecule has 0 aliphatic heterocycles. The van der Waals surface area contributed by atoms with Gasteiger partial charge < -0.3 is 4.74 Å². The van der Waals surface area contributed by atoms with Crippen molar-refractivity contribution in [3.63, 3.8) is 0 Å². The minimum Gasteiger partial charge on any atom is -0.461 e. The molecule has 0 saturated carbocycles. The molecule has 2 heterocycles. The lowest BCUT2D eigenvalue weighted by Gasteiger charge is -2.03. The molecule has 0 aliphatic carbocycles. The van der Waals surface area contributed by atoms with E-state index in [9.17, 15) is 4.79 Å². The standard InChI is InChI=1S/C9H10N4O2/c1-3-15-8(14)7-4-6(2)12-9-10-5-11-13(7)9/h4-5H,3H2,1-2H3. The van der Waals surface area contributed by atoms with Crippen molar-refractivity contribution in [1.82, 2.24) is 19.6 Å². The van der Waals surface area contributed by atoms with Crippen LogP contribution in [0, 0.1) is 6.92 Å². The van der Waals surface area contributed by atoms with Gasteiger partial charge in [0.1, 0.15) is 6.33 Å². The summed E-state index contributed by atoms with van der Waals surface area (Å²) in [6.45, 7) is 3.87. The van der Waals surface area contributed by atoms with E-state index in [1.165, 1.54) is 10.8 Å². The number of carbonyl (C=O) groups excluding carboxylic acids is 1. The second kappa shape index (κ2) is 3.64. The number of fused-ring (bicyclic) bond motifs is 1. The Kier molecular flexibility index (Phi) is 2.32. The number of rotatable bonds is 2. The van der Waals surface area contributed by atoms with Crippen LogP contribution >= 0.6 is 0 Å². The van der Waals surface area contributed by atoms with Crippen LogP contribution in [-0.2, 0) is 4.74 Å². The van der Waals surface area contributed by atoms with Crippen LogP contribution in [0.3, 0.4) is 0 Å². The van der Waals surface area contributed by atoms with Gasteiger partial charge in [0.15, 0.2) is 5.69 Å². The SMILES string of the molecule is CCOC(=O)c1cc(C)nc2ncnn12. The molecule has 15 heavy (non-hydrogen) atoms. The second-order valence-electron chi connectivity index (χ2n) is 2.98. The van der Waals surface area contributed by atoms with E-state index in [2.05, 4.69) is 15.1 Å². The number of aromatic nitrogens is 4. The summed E-state index contributed by atoms with van der Waals surface area (Å²) in [6.07, 6.45) is 1.35.